The van der Waals surface area contributed by atoms with Crippen LogP contribution in [0.25, 0.3) is 0 Å². The zero-order valence-electron chi connectivity index (χ0n) is 13.3. The molecule has 1 aromatic rings. The van der Waals surface area contributed by atoms with E-state index in [1.165, 1.54) is 43.4 Å². The van der Waals surface area contributed by atoms with Crippen molar-refractivity contribution in [3.8, 4) is 6.07 Å². The van der Waals surface area contributed by atoms with Crippen LogP contribution in [0.15, 0.2) is 18.2 Å². The molecular weight excluding hydrogens is 310 g/mol. The molecule has 1 saturated carbocycles. The van der Waals surface area contributed by atoms with Gasteiger partial charge in [-0.2, -0.15) is 5.26 Å². The number of hydrogen-bond acceptors (Lipinski definition) is 2. The number of amides is 1. The summed E-state index contributed by atoms with van der Waals surface area (Å²) in [5, 5.41) is 12.2. The van der Waals surface area contributed by atoms with Gasteiger partial charge in [-0.05, 0) is 50.3 Å². The molecule has 5 heteroatoms. The Balaban J connectivity index is 1.60. The van der Waals surface area contributed by atoms with Crippen molar-refractivity contribution in [3.05, 3.63) is 28.8 Å². The number of nitrogens with zero attached hydrogens (tertiary/aromatic N) is 1. The van der Waals surface area contributed by atoms with E-state index in [4.69, 9.17) is 16.9 Å². The summed E-state index contributed by atoms with van der Waals surface area (Å²) >= 11 is 6.02. The van der Waals surface area contributed by atoms with Crippen LogP contribution in [0.4, 0.5) is 5.69 Å². The summed E-state index contributed by atoms with van der Waals surface area (Å²) in [6, 6.07) is 7.70. The molecule has 0 aromatic heterocycles. The number of nitrogens with one attached hydrogen (secondary N) is 2. The minimum absolute atomic E-state index is 0.0343. The fraction of sp³-hybridized carbons (Fsp3) is 0.556. The predicted molar refractivity (Wildman–Crippen MR) is 90.5 cm³/mol. The van der Waals surface area contributed by atoms with Crippen molar-refractivity contribution in [2.75, 3.05) is 18.4 Å². The fourth-order valence-electron chi connectivity index (χ4n) is 4.18. The summed E-state index contributed by atoms with van der Waals surface area (Å²) in [4.78, 5) is 13.8. The maximum Gasteiger partial charge on any atom is 0.279 e. The number of benzene rings is 1. The average Bonchev–Trinajstić information content (AvgIpc) is 2.55. The van der Waals surface area contributed by atoms with Crippen LogP contribution >= 0.6 is 11.6 Å². The molecule has 1 amide bonds. The summed E-state index contributed by atoms with van der Waals surface area (Å²) in [6.07, 6.45) is 7.81. The van der Waals surface area contributed by atoms with Crippen molar-refractivity contribution < 1.29 is 9.69 Å². The molecule has 1 aliphatic carbocycles. The molecule has 3 atom stereocenters. The molecule has 2 aliphatic rings. The largest absolute Gasteiger partial charge is 0.324 e. The zero-order chi connectivity index (χ0) is 16.2. The van der Waals surface area contributed by atoms with Crippen molar-refractivity contribution in [3.63, 3.8) is 0 Å². The highest BCUT2D eigenvalue weighted by atomic mass is 35.5. The number of piperidine rings is 1. The molecule has 0 bridgehead atoms. The number of carbonyl (C=O) groups is 1. The van der Waals surface area contributed by atoms with Crippen LogP contribution in [-0.2, 0) is 4.79 Å². The third kappa shape index (κ3) is 3.85. The molecule has 122 valence electrons. The Kier molecular flexibility index (Phi) is 5.20. The molecule has 1 heterocycles. The molecule has 1 saturated heterocycles. The van der Waals surface area contributed by atoms with E-state index in [9.17, 15) is 4.79 Å². The van der Waals surface area contributed by atoms with E-state index < -0.39 is 0 Å². The summed E-state index contributed by atoms with van der Waals surface area (Å²) in [6.45, 7) is 1.63. The topological polar surface area (TPSA) is 57.3 Å². The Morgan fingerprint density at radius 3 is 2.87 bits per heavy atom. The second kappa shape index (κ2) is 7.33. The fourth-order valence-corrected chi connectivity index (χ4v) is 4.40. The van der Waals surface area contributed by atoms with Crippen LogP contribution in [0.5, 0.6) is 0 Å². The first kappa shape index (κ1) is 16.3. The van der Waals surface area contributed by atoms with E-state index in [0.717, 1.165) is 12.5 Å². The van der Waals surface area contributed by atoms with Gasteiger partial charge in [0.15, 0.2) is 6.54 Å². The first-order valence-electron chi connectivity index (χ1n) is 8.51. The molecule has 2 N–H and O–H groups in total. The van der Waals surface area contributed by atoms with E-state index in [0.29, 0.717) is 28.9 Å². The Hall–Kier alpha value is -1.57. The minimum Gasteiger partial charge on any atom is -0.324 e. The lowest BCUT2D eigenvalue weighted by Gasteiger charge is -2.40. The van der Waals surface area contributed by atoms with Gasteiger partial charge in [-0.3, -0.25) is 4.79 Å². The van der Waals surface area contributed by atoms with Gasteiger partial charge in [-0.25, -0.2) is 0 Å². The second-order valence-corrected chi connectivity index (χ2v) is 7.14. The van der Waals surface area contributed by atoms with E-state index in [2.05, 4.69) is 5.32 Å². The first-order valence-corrected chi connectivity index (χ1v) is 8.89. The molecule has 1 aliphatic heterocycles. The average molecular weight is 333 g/mol. The Bertz CT molecular complexity index is 623. The van der Waals surface area contributed by atoms with E-state index >= 15 is 0 Å². The first-order chi connectivity index (χ1) is 11.2. The number of carbonyl (C=O) groups excluding carboxylic acids is 1. The number of rotatable bonds is 3. The Labute approximate surface area is 142 Å². The molecular formula is C18H23ClN3O+. The van der Waals surface area contributed by atoms with Gasteiger partial charge in [0.05, 0.1) is 23.2 Å². The SMILES string of the molecule is N#Cc1ccc(NC(=O)C[NH+]2CCC[C@H]3CCCC[C@@H]32)cc1Cl. The van der Waals surface area contributed by atoms with Gasteiger partial charge >= 0.3 is 0 Å². The Morgan fingerprint density at radius 1 is 1.30 bits per heavy atom. The number of fused-ring (bicyclic) bond motifs is 1. The van der Waals surface area contributed by atoms with Crippen LogP contribution in [0.3, 0.4) is 0 Å². The van der Waals surface area contributed by atoms with Crippen molar-refractivity contribution in [1.29, 1.82) is 5.26 Å². The molecule has 4 nitrogen and oxygen atoms in total. The quantitative estimate of drug-likeness (QED) is 0.893. The third-order valence-electron chi connectivity index (χ3n) is 5.27. The monoisotopic (exact) mass is 332 g/mol. The van der Waals surface area contributed by atoms with Gasteiger partial charge < -0.3 is 10.2 Å². The van der Waals surface area contributed by atoms with Gasteiger partial charge in [0.25, 0.3) is 5.91 Å². The minimum atomic E-state index is 0.0343. The van der Waals surface area contributed by atoms with Crippen LogP contribution in [0, 0.1) is 17.2 Å². The highest BCUT2D eigenvalue weighted by molar-refractivity contribution is 6.32. The Morgan fingerprint density at radius 2 is 2.09 bits per heavy atom. The van der Waals surface area contributed by atoms with Gasteiger partial charge in [-0.1, -0.05) is 18.0 Å². The third-order valence-corrected chi connectivity index (χ3v) is 5.58. The van der Waals surface area contributed by atoms with Crippen molar-refractivity contribution >= 4 is 23.2 Å². The lowest BCUT2D eigenvalue weighted by Crippen LogP contribution is -3.18. The second-order valence-electron chi connectivity index (χ2n) is 6.73. The molecule has 2 fully saturated rings. The normalized spacial score (nSPS) is 26.9. The lowest BCUT2D eigenvalue weighted by atomic mass is 9.78. The summed E-state index contributed by atoms with van der Waals surface area (Å²) in [5.41, 5.74) is 1.09. The molecule has 3 rings (SSSR count). The lowest BCUT2D eigenvalue weighted by molar-refractivity contribution is -0.928. The summed E-state index contributed by atoms with van der Waals surface area (Å²) in [5.74, 6) is 0.844. The number of hydrogen-bond donors (Lipinski definition) is 2. The predicted octanol–water partition coefficient (Wildman–Crippen LogP) is 2.39. The maximum atomic E-state index is 12.4. The van der Waals surface area contributed by atoms with Crippen LogP contribution < -0.4 is 10.2 Å². The van der Waals surface area contributed by atoms with E-state index in [-0.39, 0.29) is 5.91 Å². The van der Waals surface area contributed by atoms with Crippen LogP contribution in [0.1, 0.15) is 44.1 Å². The smallest absolute Gasteiger partial charge is 0.279 e. The van der Waals surface area contributed by atoms with Gasteiger partial charge in [0.2, 0.25) is 0 Å². The number of anilines is 1. The van der Waals surface area contributed by atoms with E-state index in [1.807, 2.05) is 6.07 Å². The van der Waals surface area contributed by atoms with Gasteiger partial charge in [0, 0.05) is 11.6 Å². The molecule has 1 aromatic carbocycles. The zero-order valence-corrected chi connectivity index (χ0v) is 14.0. The molecule has 1 unspecified atom stereocenters. The standard InChI is InChI=1S/C18H22ClN3O/c19-16-10-15(8-7-14(16)11-20)21-18(23)12-22-9-3-5-13-4-1-2-6-17(13)22/h7-8,10,13,17H,1-6,9,12H2,(H,21,23)/p+1/t13-,17+/m1/s1. The molecule has 23 heavy (non-hydrogen) atoms. The highest BCUT2D eigenvalue weighted by Crippen LogP contribution is 2.28. The number of halogens is 1. The number of nitriles is 1. The van der Waals surface area contributed by atoms with Crippen LogP contribution in [0.2, 0.25) is 5.02 Å². The van der Waals surface area contributed by atoms with Gasteiger partial charge in [0.1, 0.15) is 6.07 Å². The van der Waals surface area contributed by atoms with Crippen molar-refractivity contribution in [1.82, 2.24) is 0 Å². The summed E-state index contributed by atoms with van der Waals surface area (Å²) < 4.78 is 0. The highest BCUT2D eigenvalue weighted by Gasteiger charge is 2.37. The number of quaternary nitrogens is 1. The van der Waals surface area contributed by atoms with Crippen LogP contribution in [-0.4, -0.2) is 25.0 Å². The van der Waals surface area contributed by atoms with Crippen molar-refractivity contribution in [2.45, 2.75) is 44.6 Å². The molecule has 0 spiro atoms. The van der Waals surface area contributed by atoms with E-state index in [1.54, 1.807) is 18.2 Å². The summed E-state index contributed by atoms with van der Waals surface area (Å²) in [7, 11) is 0. The van der Waals surface area contributed by atoms with Crippen molar-refractivity contribution in [2.24, 2.45) is 5.92 Å². The number of likely N-dealkylation sites (tertiary alicyclic amines) is 1. The van der Waals surface area contributed by atoms with Gasteiger partial charge in [-0.15, -0.1) is 0 Å². The maximum absolute atomic E-state index is 12.4. The molecule has 0 radical (unpaired) electrons.